The van der Waals surface area contributed by atoms with Crippen molar-refractivity contribution in [3.05, 3.63) is 30.3 Å². The van der Waals surface area contributed by atoms with Crippen LogP contribution in [0.2, 0.25) is 0 Å². The lowest BCUT2D eigenvalue weighted by Gasteiger charge is -2.24. The van der Waals surface area contributed by atoms with Crippen LogP contribution in [0.4, 0.5) is 0 Å². The van der Waals surface area contributed by atoms with Crippen molar-refractivity contribution in [2.45, 2.75) is 42.8 Å². The number of carbonyl (C=O) groups excluding carboxylic acids is 3. The molecule has 9 nitrogen and oxygen atoms in total. The summed E-state index contributed by atoms with van der Waals surface area (Å²) in [5, 5.41) is 12.1. The van der Waals surface area contributed by atoms with E-state index >= 15 is 0 Å². The van der Waals surface area contributed by atoms with Crippen molar-refractivity contribution in [2.24, 2.45) is 5.73 Å². The highest BCUT2D eigenvalue weighted by Crippen LogP contribution is 2.19. The summed E-state index contributed by atoms with van der Waals surface area (Å²) in [5.41, 5.74) is 5.30. The van der Waals surface area contributed by atoms with Crippen molar-refractivity contribution in [1.82, 2.24) is 10.2 Å². The van der Waals surface area contributed by atoms with Crippen LogP contribution in [0.1, 0.15) is 19.8 Å². The normalized spacial score (nSPS) is 20.9. The van der Waals surface area contributed by atoms with E-state index in [0.717, 1.165) is 0 Å². The Labute approximate surface area is 157 Å². The van der Waals surface area contributed by atoms with Crippen molar-refractivity contribution in [2.75, 3.05) is 12.3 Å². The summed E-state index contributed by atoms with van der Waals surface area (Å²) >= 11 is 0. The van der Waals surface area contributed by atoms with Gasteiger partial charge in [-0.2, -0.15) is 0 Å². The zero-order chi connectivity index (χ0) is 20.2. The Balaban J connectivity index is 2.04. The smallest absolute Gasteiger partial charge is 0.243 e. The maximum atomic E-state index is 12.4. The van der Waals surface area contributed by atoms with Gasteiger partial charge in [0.15, 0.2) is 9.84 Å². The molecule has 2 rings (SSSR count). The third-order valence-electron chi connectivity index (χ3n) is 4.42. The second-order valence-corrected chi connectivity index (χ2v) is 8.57. The summed E-state index contributed by atoms with van der Waals surface area (Å²) in [5.74, 6) is -2.29. The Kier molecular flexibility index (Phi) is 6.55. The number of β-amino-alcohol motifs (C(OH)–C–C–N with tert-alkyl or cyclic N) is 1. The van der Waals surface area contributed by atoms with Crippen LogP contribution in [0.25, 0.3) is 0 Å². The first-order valence-electron chi connectivity index (χ1n) is 8.44. The van der Waals surface area contributed by atoms with Crippen molar-refractivity contribution in [3.63, 3.8) is 0 Å². The highest BCUT2D eigenvalue weighted by molar-refractivity contribution is 7.91. The van der Waals surface area contributed by atoms with Crippen LogP contribution in [0.15, 0.2) is 35.2 Å². The predicted octanol–water partition coefficient (Wildman–Crippen LogP) is -1.20. The van der Waals surface area contributed by atoms with Gasteiger partial charge in [0.05, 0.1) is 16.8 Å². The van der Waals surface area contributed by atoms with Gasteiger partial charge >= 0.3 is 0 Å². The lowest BCUT2D eigenvalue weighted by molar-refractivity contribution is -0.138. The van der Waals surface area contributed by atoms with Crippen LogP contribution < -0.4 is 11.1 Å². The Hall–Kier alpha value is -2.46. The number of likely N-dealkylation sites (tertiary alicyclic amines) is 1. The Morgan fingerprint density at radius 1 is 1.30 bits per heavy atom. The number of sulfone groups is 1. The van der Waals surface area contributed by atoms with Crippen molar-refractivity contribution in [3.8, 4) is 0 Å². The SMILES string of the molecule is CC(=O)N1C[C@H](O)C[C@H]1C(=O)N[C@@H](CCS(=O)(=O)c1ccccc1)C(N)=O. The van der Waals surface area contributed by atoms with Gasteiger partial charge in [-0.05, 0) is 18.6 Å². The zero-order valence-electron chi connectivity index (χ0n) is 14.9. The number of primary amides is 1. The van der Waals surface area contributed by atoms with Crippen LogP contribution in [0.5, 0.6) is 0 Å². The minimum atomic E-state index is -3.64. The summed E-state index contributed by atoms with van der Waals surface area (Å²) in [6.45, 7) is 1.30. The third kappa shape index (κ3) is 5.27. The Morgan fingerprint density at radius 2 is 1.93 bits per heavy atom. The van der Waals surface area contributed by atoms with Gasteiger partial charge in [-0.1, -0.05) is 18.2 Å². The molecule has 3 atom stereocenters. The largest absolute Gasteiger partial charge is 0.391 e. The summed E-state index contributed by atoms with van der Waals surface area (Å²) in [6, 6.07) is 5.61. The van der Waals surface area contributed by atoms with Gasteiger partial charge in [0.25, 0.3) is 0 Å². The number of nitrogens with zero attached hydrogens (tertiary/aromatic N) is 1. The van der Waals surface area contributed by atoms with E-state index in [0.29, 0.717) is 0 Å². The molecule has 0 aromatic heterocycles. The Bertz CT molecular complexity index is 811. The van der Waals surface area contributed by atoms with Gasteiger partial charge in [0.1, 0.15) is 12.1 Å². The van der Waals surface area contributed by atoms with E-state index in [1.54, 1.807) is 18.2 Å². The fraction of sp³-hybridized carbons (Fsp3) is 0.471. The summed E-state index contributed by atoms with van der Waals surface area (Å²) in [7, 11) is -3.64. The maximum absolute atomic E-state index is 12.4. The average Bonchev–Trinajstić information content (AvgIpc) is 3.01. The first kappa shape index (κ1) is 20.8. The van der Waals surface area contributed by atoms with Gasteiger partial charge < -0.3 is 21.1 Å². The van der Waals surface area contributed by atoms with Gasteiger partial charge in [0.2, 0.25) is 17.7 Å². The van der Waals surface area contributed by atoms with E-state index in [4.69, 9.17) is 5.73 Å². The minimum Gasteiger partial charge on any atom is -0.391 e. The summed E-state index contributed by atoms with van der Waals surface area (Å²) in [4.78, 5) is 37.0. The number of benzene rings is 1. The highest BCUT2D eigenvalue weighted by atomic mass is 32.2. The Morgan fingerprint density at radius 3 is 2.48 bits per heavy atom. The molecule has 4 N–H and O–H groups in total. The van der Waals surface area contributed by atoms with Gasteiger partial charge in [-0.25, -0.2) is 8.42 Å². The molecule has 1 aromatic rings. The molecule has 0 aliphatic carbocycles. The van der Waals surface area contributed by atoms with Crippen molar-refractivity contribution < 1.29 is 27.9 Å². The first-order valence-corrected chi connectivity index (χ1v) is 10.1. The molecule has 3 amide bonds. The molecule has 1 heterocycles. The fourth-order valence-electron chi connectivity index (χ4n) is 2.98. The molecule has 1 aromatic carbocycles. The average molecular weight is 397 g/mol. The summed E-state index contributed by atoms with van der Waals surface area (Å²) in [6.07, 6.45) is -0.998. The molecule has 148 valence electrons. The first-order chi connectivity index (χ1) is 12.6. The van der Waals surface area contributed by atoms with Crippen LogP contribution in [-0.4, -0.2) is 66.6 Å². The second-order valence-electron chi connectivity index (χ2n) is 6.46. The van der Waals surface area contributed by atoms with E-state index in [9.17, 15) is 27.9 Å². The van der Waals surface area contributed by atoms with Crippen LogP contribution >= 0.6 is 0 Å². The quantitative estimate of drug-likeness (QED) is 0.527. The molecular weight excluding hydrogens is 374 g/mol. The van der Waals surface area contributed by atoms with Crippen molar-refractivity contribution in [1.29, 1.82) is 0 Å². The molecule has 0 spiro atoms. The molecule has 1 fully saturated rings. The molecule has 27 heavy (non-hydrogen) atoms. The number of nitrogens with one attached hydrogen (secondary N) is 1. The maximum Gasteiger partial charge on any atom is 0.243 e. The standard InChI is InChI=1S/C17H23N3O6S/c1-11(21)20-10-12(22)9-15(20)17(24)19-14(16(18)23)7-8-27(25,26)13-5-3-2-4-6-13/h2-6,12,14-15,22H,7-10H2,1H3,(H2,18,23)(H,19,24)/t12-,14+,15+/m1/s1. The molecule has 0 bridgehead atoms. The second kappa shape index (κ2) is 8.49. The van der Waals surface area contributed by atoms with Crippen LogP contribution in [0.3, 0.4) is 0 Å². The molecule has 1 saturated heterocycles. The van der Waals surface area contributed by atoms with Gasteiger partial charge in [0, 0.05) is 19.9 Å². The summed E-state index contributed by atoms with van der Waals surface area (Å²) < 4.78 is 24.7. The van der Waals surface area contributed by atoms with Crippen LogP contribution in [-0.2, 0) is 24.2 Å². The monoisotopic (exact) mass is 397 g/mol. The number of aliphatic hydroxyl groups is 1. The van der Waals surface area contributed by atoms with Crippen LogP contribution in [0, 0.1) is 0 Å². The molecule has 1 aliphatic heterocycles. The molecule has 0 radical (unpaired) electrons. The number of hydrogen-bond acceptors (Lipinski definition) is 6. The van der Waals surface area contributed by atoms with E-state index in [-0.39, 0.29) is 35.9 Å². The number of hydrogen-bond donors (Lipinski definition) is 3. The molecule has 0 saturated carbocycles. The van der Waals surface area contributed by atoms with Gasteiger partial charge in [-0.15, -0.1) is 0 Å². The number of rotatable bonds is 7. The lowest BCUT2D eigenvalue weighted by Crippen LogP contribution is -2.52. The third-order valence-corrected chi connectivity index (χ3v) is 6.19. The number of carbonyl (C=O) groups is 3. The van der Waals surface area contributed by atoms with Gasteiger partial charge in [-0.3, -0.25) is 14.4 Å². The number of nitrogens with two attached hydrogens (primary N) is 1. The molecule has 0 unspecified atom stereocenters. The zero-order valence-corrected chi connectivity index (χ0v) is 15.7. The molecule has 10 heteroatoms. The topological polar surface area (TPSA) is 147 Å². The highest BCUT2D eigenvalue weighted by Gasteiger charge is 2.38. The van der Waals surface area contributed by atoms with E-state index < -0.39 is 39.8 Å². The van der Waals surface area contributed by atoms with E-state index in [1.807, 2.05) is 0 Å². The van der Waals surface area contributed by atoms with E-state index in [2.05, 4.69) is 5.32 Å². The van der Waals surface area contributed by atoms with E-state index in [1.165, 1.54) is 24.0 Å². The number of amides is 3. The minimum absolute atomic E-state index is 0.0248. The van der Waals surface area contributed by atoms with Crippen molar-refractivity contribution >= 4 is 27.6 Å². The lowest BCUT2D eigenvalue weighted by atomic mass is 10.1. The predicted molar refractivity (Wildman–Crippen MR) is 96.0 cm³/mol. The number of aliphatic hydroxyl groups excluding tert-OH is 1. The molecule has 1 aliphatic rings. The molecular formula is C17H23N3O6S. The fourth-order valence-corrected chi connectivity index (χ4v) is 4.34.